The lowest BCUT2D eigenvalue weighted by molar-refractivity contribution is -0.124. The number of carbonyl (C=O) groups excluding carboxylic acids is 1. The number of nitrogens with one attached hydrogen (secondary N) is 3. The Morgan fingerprint density at radius 3 is 2.78 bits per heavy atom. The maximum atomic E-state index is 11.4. The minimum absolute atomic E-state index is 0.316. The lowest BCUT2D eigenvalue weighted by atomic mass is 10.0. The normalized spacial score (nSPS) is 15.2. The molecule has 0 bridgehead atoms. The van der Waals surface area contributed by atoms with E-state index in [1.807, 2.05) is 18.2 Å². The third kappa shape index (κ3) is 5.23. The van der Waals surface area contributed by atoms with E-state index in [4.69, 9.17) is 16.8 Å². The number of benzene rings is 2. The van der Waals surface area contributed by atoms with Gasteiger partial charge in [-0.05, 0) is 91.6 Å². The maximum absolute atomic E-state index is 11.4. The topological polar surface area (TPSA) is 84.2 Å². The summed E-state index contributed by atoms with van der Waals surface area (Å²) in [6.45, 7) is 8.32. The lowest BCUT2D eigenvalue weighted by Crippen LogP contribution is -2.30. The number of aryl methyl sites for hydroxylation is 2. The molecular formula is C30H33ClN4O2. The van der Waals surface area contributed by atoms with Gasteiger partial charge in [-0.3, -0.25) is 14.9 Å². The largest absolute Gasteiger partial charge is 0.361 e. The highest BCUT2D eigenvalue weighted by molar-refractivity contribution is 6.31. The molecule has 2 aromatic carbocycles. The highest BCUT2D eigenvalue weighted by atomic mass is 35.5. The van der Waals surface area contributed by atoms with Crippen LogP contribution in [0.25, 0.3) is 17.0 Å². The number of halogens is 1. The average Bonchev–Trinajstić information content (AvgIpc) is 3.57. The Morgan fingerprint density at radius 2 is 2.03 bits per heavy atom. The predicted octanol–water partition coefficient (Wildman–Crippen LogP) is 6.33. The summed E-state index contributed by atoms with van der Waals surface area (Å²) in [7, 11) is 0. The van der Waals surface area contributed by atoms with Crippen LogP contribution >= 0.6 is 11.6 Å². The van der Waals surface area contributed by atoms with E-state index in [-0.39, 0.29) is 0 Å². The smallest absolute Gasteiger partial charge is 0.267 e. The standard InChI is InChI=1S/C30H33ClN4O2/c1-18-19(2)28(33-20(18)3)17-35(13-12-23-16-32-27-15-24(31)7-9-25(23)27)29-10-6-22-14-21(4-8-26(22)29)5-11-30(36)34-37/h4-5,7-9,11,14-16,29,32-33,37H,6,10,12-13,17H2,1-3H3,(H,34,36)/b11-5+. The van der Waals surface area contributed by atoms with Crippen molar-refractivity contribution in [1.82, 2.24) is 20.3 Å². The van der Waals surface area contributed by atoms with Crippen LogP contribution in [-0.4, -0.2) is 32.5 Å². The van der Waals surface area contributed by atoms with E-state index in [0.717, 1.165) is 48.5 Å². The van der Waals surface area contributed by atoms with E-state index in [1.165, 1.54) is 50.7 Å². The highest BCUT2D eigenvalue weighted by Crippen LogP contribution is 2.38. The molecule has 1 atom stereocenters. The molecule has 0 spiro atoms. The summed E-state index contributed by atoms with van der Waals surface area (Å²) in [5, 5.41) is 10.7. The Labute approximate surface area is 222 Å². The second-order valence-electron chi connectivity index (χ2n) is 10.0. The van der Waals surface area contributed by atoms with E-state index < -0.39 is 5.91 Å². The summed E-state index contributed by atoms with van der Waals surface area (Å²) in [4.78, 5) is 21.0. The number of aromatic nitrogens is 2. The highest BCUT2D eigenvalue weighted by Gasteiger charge is 2.29. The van der Waals surface area contributed by atoms with E-state index in [9.17, 15) is 4.79 Å². The van der Waals surface area contributed by atoms with Gasteiger partial charge in [-0.15, -0.1) is 0 Å². The lowest BCUT2D eigenvalue weighted by Gasteiger charge is -2.30. The Kier molecular flexibility index (Phi) is 7.24. The molecule has 6 nitrogen and oxygen atoms in total. The van der Waals surface area contributed by atoms with Crippen LogP contribution in [0.1, 0.15) is 57.2 Å². The van der Waals surface area contributed by atoms with Crippen molar-refractivity contribution in [2.24, 2.45) is 0 Å². The second kappa shape index (κ2) is 10.6. The minimum atomic E-state index is -0.531. The summed E-state index contributed by atoms with van der Waals surface area (Å²) in [6, 6.07) is 12.8. The van der Waals surface area contributed by atoms with Crippen LogP contribution in [0, 0.1) is 20.8 Å². The summed E-state index contributed by atoms with van der Waals surface area (Å²) in [6.07, 6.45) is 8.17. The van der Waals surface area contributed by atoms with Crippen molar-refractivity contribution in [1.29, 1.82) is 0 Å². The van der Waals surface area contributed by atoms with Gasteiger partial charge in [-0.2, -0.15) is 0 Å². The van der Waals surface area contributed by atoms with Gasteiger partial charge in [0.2, 0.25) is 0 Å². The molecule has 1 amide bonds. The van der Waals surface area contributed by atoms with Crippen LogP contribution in [0.5, 0.6) is 0 Å². The third-order valence-corrected chi connectivity index (χ3v) is 8.10. The van der Waals surface area contributed by atoms with Gasteiger partial charge in [0.15, 0.2) is 0 Å². The number of carbonyl (C=O) groups is 1. The van der Waals surface area contributed by atoms with Crippen molar-refractivity contribution in [2.45, 2.75) is 52.6 Å². The van der Waals surface area contributed by atoms with Gasteiger partial charge in [-0.25, -0.2) is 5.48 Å². The van der Waals surface area contributed by atoms with Crippen LogP contribution in [0.3, 0.4) is 0 Å². The number of rotatable bonds is 8. The van der Waals surface area contributed by atoms with Gasteiger partial charge in [0, 0.05) is 58.7 Å². The predicted molar refractivity (Wildman–Crippen MR) is 149 cm³/mol. The number of hydroxylamine groups is 1. The summed E-state index contributed by atoms with van der Waals surface area (Å²) in [5.74, 6) is -0.531. The molecule has 1 aliphatic carbocycles. The van der Waals surface area contributed by atoms with Crippen LogP contribution in [0.15, 0.2) is 48.7 Å². The molecule has 7 heteroatoms. The number of aromatic amines is 2. The number of fused-ring (bicyclic) bond motifs is 2. The molecule has 4 N–H and O–H groups in total. The zero-order chi connectivity index (χ0) is 26.1. The van der Waals surface area contributed by atoms with Gasteiger partial charge < -0.3 is 9.97 Å². The van der Waals surface area contributed by atoms with E-state index in [1.54, 1.807) is 11.6 Å². The van der Waals surface area contributed by atoms with Crippen LogP contribution < -0.4 is 5.48 Å². The first-order chi connectivity index (χ1) is 17.8. The summed E-state index contributed by atoms with van der Waals surface area (Å²) in [5.41, 5.74) is 12.8. The Bertz CT molecular complexity index is 1480. The first kappa shape index (κ1) is 25.3. The molecule has 1 aliphatic rings. The van der Waals surface area contributed by atoms with E-state index >= 15 is 0 Å². The molecule has 1 unspecified atom stereocenters. The van der Waals surface area contributed by atoms with Gasteiger partial charge in [0.25, 0.3) is 5.91 Å². The molecular weight excluding hydrogens is 484 g/mol. The summed E-state index contributed by atoms with van der Waals surface area (Å²) >= 11 is 6.20. The molecule has 0 fully saturated rings. The monoisotopic (exact) mass is 516 g/mol. The number of hydrogen-bond donors (Lipinski definition) is 4. The fraction of sp³-hybridized carbons (Fsp3) is 0.300. The first-order valence-electron chi connectivity index (χ1n) is 12.7. The number of nitrogens with zero attached hydrogens (tertiary/aromatic N) is 1. The molecule has 192 valence electrons. The summed E-state index contributed by atoms with van der Waals surface area (Å²) < 4.78 is 0. The zero-order valence-corrected chi connectivity index (χ0v) is 22.2. The molecule has 2 aromatic heterocycles. The van der Waals surface area contributed by atoms with Gasteiger partial charge >= 0.3 is 0 Å². The zero-order valence-electron chi connectivity index (χ0n) is 21.5. The minimum Gasteiger partial charge on any atom is -0.361 e. The first-order valence-corrected chi connectivity index (χ1v) is 13.1. The fourth-order valence-corrected chi connectivity index (χ4v) is 5.74. The number of amides is 1. The molecule has 37 heavy (non-hydrogen) atoms. The van der Waals surface area contributed by atoms with Gasteiger partial charge in [0.05, 0.1) is 0 Å². The van der Waals surface area contributed by atoms with Crippen molar-refractivity contribution in [3.63, 3.8) is 0 Å². The van der Waals surface area contributed by atoms with Crippen molar-refractivity contribution >= 4 is 34.5 Å². The van der Waals surface area contributed by atoms with Gasteiger partial charge in [-0.1, -0.05) is 35.9 Å². The molecule has 0 saturated carbocycles. The van der Waals surface area contributed by atoms with Crippen LogP contribution in [0.4, 0.5) is 0 Å². The Morgan fingerprint density at radius 1 is 1.19 bits per heavy atom. The molecule has 0 aliphatic heterocycles. The van der Waals surface area contributed by atoms with Crippen molar-refractivity contribution < 1.29 is 10.0 Å². The van der Waals surface area contributed by atoms with Crippen LogP contribution in [0.2, 0.25) is 5.02 Å². The maximum Gasteiger partial charge on any atom is 0.267 e. The fourth-order valence-electron chi connectivity index (χ4n) is 5.56. The molecule has 2 heterocycles. The van der Waals surface area contributed by atoms with Gasteiger partial charge in [0.1, 0.15) is 0 Å². The quantitative estimate of drug-likeness (QED) is 0.125. The Balaban J connectivity index is 1.42. The molecule has 0 radical (unpaired) electrons. The van der Waals surface area contributed by atoms with Crippen LogP contribution in [-0.2, 0) is 24.2 Å². The van der Waals surface area contributed by atoms with Crippen molar-refractivity contribution in [3.05, 3.63) is 98.5 Å². The number of hydrogen-bond acceptors (Lipinski definition) is 3. The Hall–Kier alpha value is -3.32. The SMILES string of the molecule is Cc1[nH]c(CN(CCc2c[nH]c3cc(Cl)ccc23)C2CCc3cc(/C=C/C(=O)NO)ccc32)c(C)c1C. The average molecular weight is 517 g/mol. The molecule has 4 aromatic rings. The molecule has 5 rings (SSSR count). The van der Waals surface area contributed by atoms with E-state index in [0.29, 0.717) is 6.04 Å². The second-order valence-corrected chi connectivity index (χ2v) is 10.5. The van der Waals surface area contributed by atoms with Crippen molar-refractivity contribution in [3.8, 4) is 0 Å². The number of H-pyrrole nitrogens is 2. The van der Waals surface area contributed by atoms with E-state index in [2.05, 4.69) is 60.0 Å². The molecule has 0 saturated heterocycles. The third-order valence-electron chi connectivity index (χ3n) is 7.87. The van der Waals surface area contributed by atoms with Crippen molar-refractivity contribution in [2.75, 3.05) is 6.54 Å².